The number of piperidine rings is 1. The highest BCUT2D eigenvalue weighted by molar-refractivity contribution is 6.40. The topological polar surface area (TPSA) is 88.6 Å². The van der Waals surface area contributed by atoms with Crippen molar-refractivity contribution in [1.82, 2.24) is 14.7 Å². The second-order valence-corrected chi connectivity index (χ2v) is 19.7. The third-order valence-corrected chi connectivity index (χ3v) is 13.1. The summed E-state index contributed by atoms with van der Waals surface area (Å²) in [5.74, 6) is 1.45. The lowest BCUT2D eigenvalue weighted by molar-refractivity contribution is -0.0211. The second kappa shape index (κ2) is 18.3. The van der Waals surface area contributed by atoms with E-state index in [1.807, 2.05) is 35.5 Å². The SMILES string of the molecule is CC(C)(C)OC(=O)N1CCC(CN2C(=O)OCC2(C)C)(C2CCCCC2)CC1.CC1(C)COC(=O)N1CC1(C2CCCCC2)CCCCC1.ClCCl. The first-order valence-corrected chi connectivity index (χ1v) is 21.5. The molecule has 3 aliphatic heterocycles. The molecule has 6 rings (SSSR count). The number of carbonyl (C=O) groups excluding carboxylic acids is 3. The molecule has 0 atom stereocenters. The third-order valence-electron chi connectivity index (χ3n) is 13.1. The van der Waals surface area contributed by atoms with Crippen LogP contribution in [0.2, 0.25) is 0 Å². The molecular weight excluding hydrogens is 701 g/mol. The van der Waals surface area contributed by atoms with Gasteiger partial charge in [0, 0.05) is 26.2 Å². The van der Waals surface area contributed by atoms with E-state index in [1.165, 1.54) is 96.3 Å². The second-order valence-electron chi connectivity index (χ2n) is 18.9. The van der Waals surface area contributed by atoms with Crippen LogP contribution in [0.3, 0.4) is 0 Å². The molecule has 52 heavy (non-hydrogen) atoms. The number of amides is 3. The molecule has 11 heteroatoms. The summed E-state index contributed by atoms with van der Waals surface area (Å²) in [5.41, 5.74) is -0.422. The molecule has 3 heterocycles. The van der Waals surface area contributed by atoms with Crippen molar-refractivity contribution in [3.63, 3.8) is 0 Å². The predicted octanol–water partition coefficient (Wildman–Crippen LogP) is 11.0. The molecule has 6 fully saturated rings. The summed E-state index contributed by atoms with van der Waals surface area (Å²) in [6.07, 6.45) is 21.3. The number of hydrogen-bond acceptors (Lipinski definition) is 6. The van der Waals surface area contributed by atoms with Gasteiger partial charge in [-0.15, -0.1) is 23.2 Å². The fraction of sp³-hybridized carbons (Fsp3) is 0.927. The highest BCUT2D eigenvalue weighted by Gasteiger charge is 2.50. The van der Waals surface area contributed by atoms with Crippen molar-refractivity contribution in [2.45, 2.75) is 174 Å². The third kappa shape index (κ3) is 11.0. The predicted molar refractivity (Wildman–Crippen MR) is 209 cm³/mol. The molecule has 0 aromatic rings. The van der Waals surface area contributed by atoms with Crippen LogP contribution < -0.4 is 0 Å². The van der Waals surface area contributed by atoms with Crippen LogP contribution in [0.25, 0.3) is 0 Å². The Labute approximate surface area is 325 Å². The highest BCUT2D eigenvalue weighted by atomic mass is 35.5. The summed E-state index contributed by atoms with van der Waals surface area (Å²) in [5, 5.41) is 0.194. The average molecular weight is 773 g/mol. The van der Waals surface area contributed by atoms with Crippen LogP contribution in [0.15, 0.2) is 0 Å². The van der Waals surface area contributed by atoms with Gasteiger partial charge < -0.3 is 19.1 Å². The van der Waals surface area contributed by atoms with Crippen LogP contribution in [0, 0.1) is 22.7 Å². The fourth-order valence-electron chi connectivity index (χ4n) is 10.0. The van der Waals surface area contributed by atoms with Crippen molar-refractivity contribution in [3.05, 3.63) is 0 Å². The van der Waals surface area contributed by atoms with Gasteiger partial charge in [-0.05, 0) is 122 Å². The fourth-order valence-corrected chi connectivity index (χ4v) is 10.0. The number of alkyl halides is 2. The van der Waals surface area contributed by atoms with Crippen LogP contribution in [-0.4, -0.2) is 94.4 Å². The molecule has 0 unspecified atom stereocenters. The van der Waals surface area contributed by atoms with Gasteiger partial charge in [-0.3, -0.25) is 9.80 Å². The van der Waals surface area contributed by atoms with E-state index in [0.29, 0.717) is 37.6 Å². The van der Waals surface area contributed by atoms with E-state index < -0.39 is 5.60 Å². The molecule has 9 nitrogen and oxygen atoms in total. The molecule has 3 saturated heterocycles. The van der Waals surface area contributed by atoms with Crippen molar-refractivity contribution in [3.8, 4) is 0 Å². The summed E-state index contributed by atoms with van der Waals surface area (Å²) >= 11 is 9.53. The lowest BCUT2D eigenvalue weighted by Gasteiger charge is -2.50. The summed E-state index contributed by atoms with van der Waals surface area (Å²) in [6, 6.07) is 0. The van der Waals surface area contributed by atoms with Crippen LogP contribution >= 0.6 is 23.2 Å². The Bertz CT molecular complexity index is 1160. The van der Waals surface area contributed by atoms with Gasteiger partial charge in [0.1, 0.15) is 18.8 Å². The van der Waals surface area contributed by atoms with Gasteiger partial charge >= 0.3 is 18.3 Å². The largest absolute Gasteiger partial charge is 0.447 e. The van der Waals surface area contributed by atoms with E-state index in [0.717, 1.165) is 31.8 Å². The number of carbonyl (C=O) groups is 3. The maximum absolute atomic E-state index is 12.5. The van der Waals surface area contributed by atoms with Crippen molar-refractivity contribution in [2.24, 2.45) is 22.7 Å². The van der Waals surface area contributed by atoms with Gasteiger partial charge in [-0.1, -0.05) is 57.8 Å². The normalized spacial score (nSPS) is 26.0. The van der Waals surface area contributed by atoms with E-state index in [2.05, 4.69) is 27.7 Å². The van der Waals surface area contributed by atoms with Gasteiger partial charge in [0.05, 0.1) is 16.4 Å². The minimum atomic E-state index is -0.474. The molecule has 3 aliphatic carbocycles. The Kier molecular flexibility index (Phi) is 15.2. The maximum Gasteiger partial charge on any atom is 0.410 e. The summed E-state index contributed by atoms with van der Waals surface area (Å²) in [6.45, 7) is 18.3. The number of cyclic esters (lactones) is 2. The summed E-state index contributed by atoms with van der Waals surface area (Å²) in [4.78, 5) is 43.0. The number of hydrogen-bond donors (Lipinski definition) is 0. The standard InChI is InChI=1S/C22H38N2O4.C18H31NO2.CH2Cl2/c1-20(2,3)28-18(25)23-13-11-22(12-14-23,17-9-7-6-8-10-17)15-24-19(26)27-16-21(24,4)5;1-17(2)14-21-16(20)19(17)13-18(11-7-4-8-12-18)15-9-5-3-6-10-15;2-1-3/h17H,6-16H2,1-5H3;15H,3-14H2,1-2H3;1H2. The maximum atomic E-state index is 12.5. The molecule has 3 saturated carbocycles. The zero-order chi connectivity index (χ0) is 38.2. The van der Waals surface area contributed by atoms with E-state index in [9.17, 15) is 14.4 Å². The van der Waals surface area contributed by atoms with Gasteiger partial charge in [0.15, 0.2) is 0 Å². The van der Waals surface area contributed by atoms with Crippen LogP contribution in [-0.2, 0) is 14.2 Å². The first-order chi connectivity index (χ1) is 24.5. The van der Waals surface area contributed by atoms with Crippen LogP contribution in [0.1, 0.15) is 158 Å². The first kappa shape index (κ1) is 43.1. The molecule has 0 aromatic carbocycles. The lowest BCUT2D eigenvalue weighted by Crippen LogP contribution is -2.55. The molecule has 6 aliphatic rings. The Balaban J connectivity index is 0.000000224. The number of halogens is 2. The zero-order valence-corrected chi connectivity index (χ0v) is 35.2. The molecule has 0 aromatic heterocycles. The molecule has 0 spiro atoms. The molecule has 0 N–H and O–H groups in total. The Morgan fingerprint density at radius 2 is 1.04 bits per heavy atom. The number of nitrogens with zero attached hydrogens (tertiary/aromatic N) is 3. The zero-order valence-electron chi connectivity index (χ0n) is 33.7. The number of likely N-dealkylation sites (tertiary alicyclic amines) is 1. The first-order valence-electron chi connectivity index (χ1n) is 20.5. The van der Waals surface area contributed by atoms with E-state index >= 15 is 0 Å². The minimum absolute atomic E-state index is 0.0690. The molecular formula is C41H71Cl2N3O6. The smallest absolute Gasteiger partial charge is 0.410 e. The van der Waals surface area contributed by atoms with E-state index in [-0.39, 0.29) is 40.1 Å². The van der Waals surface area contributed by atoms with Gasteiger partial charge in [0.2, 0.25) is 0 Å². The highest BCUT2D eigenvalue weighted by Crippen LogP contribution is 2.50. The van der Waals surface area contributed by atoms with Gasteiger partial charge in [-0.2, -0.15) is 0 Å². The summed E-state index contributed by atoms with van der Waals surface area (Å²) in [7, 11) is 0. The number of ether oxygens (including phenoxy) is 3. The van der Waals surface area contributed by atoms with Crippen molar-refractivity contribution >= 4 is 41.5 Å². The lowest BCUT2D eigenvalue weighted by atomic mass is 9.61. The van der Waals surface area contributed by atoms with Crippen LogP contribution in [0.5, 0.6) is 0 Å². The van der Waals surface area contributed by atoms with Crippen molar-refractivity contribution in [2.75, 3.05) is 44.7 Å². The Hall–Kier alpha value is -1.61. The van der Waals surface area contributed by atoms with E-state index in [1.54, 1.807) is 0 Å². The van der Waals surface area contributed by atoms with Crippen molar-refractivity contribution in [1.29, 1.82) is 0 Å². The monoisotopic (exact) mass is 771 g/mol. The van der Waals surface area contributed by atoms with Gasteiger partial charge in [-0.25, -0.2) is 14.4 Å². The Morgan fingerprint density at radius 3 is 1.38 bits per heavy atom. The molecule has 0 radical (unpaired) electrons. The Morgan fingerprint density at radius 1 is 0.673 bits per heavy atom. The number of rotatable bonds is 6. The molecule has 0 bridgehead atoms. The summed E-state index contributed by atoms with van der Waals surface area (Å²) < 4.78 is 16.3. The molecule has 300 valence electrons. The quantitative estimate of drug-likeness (QED) is 0.197. The average Bonchev–Trinajstić information content (AvgIpc) is 3.52. The van der Waals surface area contributed by atoms with E-state index in [4.69, 9.17) is 37.4 Å². The van der Waals surface area contributed by atoms with Gasteiger partial charge in [0.25, 0.3) is 0 Å². The molecule has 3 amide bonds. The van der Waals surface area contributed by atoms with Crippen LogP contribution in [0.4, 0.5) is 14.4 Å². The minimum Gasteiger partial charge on any atom is -0.447 e. The van der Waals surface area contributed by atoms with Crippen molar-refractivity contribution < 1.29 is 28.6 Å².